The van der Waals surface area contributed by atoms with Crippen LogP contribution in [0.25, 0.3) is 0 Å². The number of phosphoric ester groups is 1. The van der Waals surface area contributed by atoms with Gasteiger partial charge in [0.25, 0.3) is 11.8 Å². The minimum atomic E-state index is -4.80. The Kier molecular flexibility index (Phi) is 11.9. The number of amides is 3. The number of hydrogen-bond acceptors (Lipinski definition) is 9. The molecule has 0 unspecified atom stereocenters. The highest BCUT2D eigenvalue weighted by Crippen LogP contribution is 2.37. The van der Waals surface area contributed by atoms with E-state index < -0.39 is 32.6 Å². The van der Waals surface area contributed by atoms with Crippen LogP contribution in [0, 0.1) is 19.3 Å². The van der Waals surface area contributed by atoms with Crippen molar-refractivity contribution in [3.63, 3.8) is 0 Å². The van der Waals surface area contributed by atoms with Gasteiger partial charge in [-0.15, -0.1) is 0 Å². The molecule has 46 heavy (non-hydrogen) atoms. The summed E-state index contributed by atoms with van der Waals surface area (Å²) in [5.41, 5.74) is 1.68. The van der Waals surface area contributed by atoms with Crippen LogP contribution >= 0.6 is 7.82 Å². The standard InChI is InChI=1S/C29H33N6O10P/c1-5-31-26(36)20-8-7-17(3)23(13-20)35(25(34-15-30)24-18(4)22(14-33-24)27(37)32-6-2)29(39)44-16-43-28(38)19-9-11-21(12-10-19)45-46(40,41)42/h7-15,30,33H,5-6,16H2,1-4H3,(H,31,36)(H,32,37)(H2,40,41,42). The maximum atomic E-state index is 13.7. The van der Waals surface area contributed by atoms with Crippen molar-refractivity contribution in [1.82, 2.24) is 15.6 Å². The number of carbonyl (C=O) groups excluding carboxylic acids is 4. The molecule has 0 atom stereocenters. The Balaban J connectivity index is 1.97. The van der Waals surface area contributed by atoms with Gasteiger partial charge in [-0.25, -0.2) is 24.0 Å². The van der Waals surface area contributed by atoms with E-state index in [-0.39, 0.29) is 45.6 Å². The van der Waals surface area contributed by atoms with E-state index in [1.807, 2.05) is 0 Å². The first-order valence-corrected chi connectivity index (χ1v) is 15.3. The minimum absolute atomic E-state index is 0.0394. The number of carbonyl (C=O) groups is 4. The molecular formula is C29H33N6O10P. The molecule has 0 spiro atoms. The molecule has 3 rings (SSSR count). The second-order valence-electron chi connectivity index (χ2n) is 9.41. The van der Waals surface area contributed by atoms with Gasteiger partial charge in [-0.3, -0.25) is 24.8 Å². The first-order valence-electron chi connectivity index (χ1n) is 13.7. The molecule has 0 aliphatic carbocycles. The number of H-pyrrole nitrogens is 1. The highest BCUT2D eigenvalue weighted by atomic mass is 31.2. The molecule has 0 radical (unpaired) electrons. The number of ether oxygens (including phenoxy) is 2. The van der Waals surface area contributed by atoms with Crippen LogP contribution < -0.4 is 20.1 Å². The van der Waals surface area contributed by atoms with Crippen molar-refractivity contribution in [2.24, 2.45) is 4.99 Å². The van der Waals surface area contributed by atoms with Crippen LogP contribution in [0.3, 0.4) is 0 Å². The Morgan fingerprint density at radius 1 is 0.978 bits per heavy atom. The summed E-state index contributed by atoms with van der Waals surface area (Å²) in [6.07, 6.45) is 1.00. The van der Waals surface area contributed by atoms with E-state index in [2.05, 4.69) is 25.1 Å². The van der Waals surface area contributed by atoms with Gasteiger partial charge in [0.05, 0.1) is 22.5 Å². The molecule has 0 bridgehead atoms. The highest BCUT2D eigenvalue weighted by molar-refractivity contribution is 7.46. The van der Waals surface area contributed by atoms with E-state index in [4.69, 9.17) is 24.7 Å². The van der Waals surface area contributed by atoms with Gasteiger partial charge in [0.1, 0.15) is 12.1 Å². The van der Waals surface area contributed by atoms with E-state index in [1.165, 1.54) is 24.4 Å². The van der Waals surface area contributed by atoms with Crippen molar-refractivity contribution < 1.29 is 47.5 Å². The number of benzene rings is 2. The average molecular weight is 657 g/mol. The monoisotopic (exact) mass is 656 g/mol. The maximum absolute atomic E-state index is 13.7. The van der Waals surface area contributed by atoms with Gasteiger partial charge in [0.2, 0.25) is 6.79 Å². The number of hydrogen-bond donors (Lipinski definition) is 6. The minimum Gasteiger partial charge on any atom is -0.424 e. The second kappa shape index (κ2) is 15.6. The van der Waals surface area contributed by atoms with Crippen molar-refractivity contribution in [2.75, 3.05) is 24.8 Å². The van der Waals surface area contributed by atoms with Gasteiger partial charge in [-0.1, -0.05) is 6.07 Å². The largest absolute Gasteiger partial charge is 0.524 e. The summed E-state index contributed by atoms with van der Waals surface area (Å²) < 4.78 is 25.8. The third-order valence-corrected chi connectivity index (χ3v) is 6.71. The van der Waals surface area contributed by atoms with Gasteiger partial charge in [-0.2, -0.15) is 0 Å². The normalized spacial score (nSPS) is 11.3. The predicted octanol–water partition coefficient (Wildman–Crippen LogP) is 3.41. The van der Waals surface area contributed by atoms with E-state index in [0.29, 0.717) is 30.6 Å². The Bertz CT molecular complexity index is 1700. The summed E-state index contributed by atoms with van der Waals surface area (Å²) in [6, 6.07) is 9.25. The molecule has 2 aromatic carbocycles. The van der Waals surface area contributed by atoms with Crippen LogP contribution in [0.2, 0.25) is 0 Å². The Hall–Kier alpha value is -5.31. The molecule has 0 saturated heterocycles. The van der Waals surface area contributed by atoms with E-state index in [0.717, 1.165) is 17.0 Å². The van der Waals surface area contributed by atoms with Crippen LogP contribution in [0.4, 0.5) is 10.5 Å². The van der Waals surface area contributed by atoms with Crippen molar-refractivity contribution in [2.45, 2.75) is 27.7 Å². The van der Waals surface area contributed by atoms with Crippen LogP contribution in [0.5, 0.6) is 5.75 Å². The lowest BCUT2D eigenvalue weighted by molar-refractivity contribution is 0.0000917. The summed E-state index contributed by atoms with van der Waals surface area (Å²) in [5, 5.41) is 13.1. The molecule has 3 aromatic rings. The fourth-order valence-electron chi connectivity index (χ4n) is 4.14. The number of aryl methyl sites for hydroxylation is 1. The lowest BCUT2D eigenvalue weighted by Gasteiger charge is -2.25. The number of amidine groups is 1. The molecule has 0 aliphatic rings. The summed E-state index contributed by atoms with van der Waals surface area (Å²) in [4.78, 5) is 77.4. The number of nitrogens with one attached hydrogen (secondary N) is 4. The van der Waals surface area contributed by atoms with Crippen LogP contribution in [0.15, 0.2) is 53.7 Å². The van der Waals surface area contributed by atoms with Crippen molar-refractivity contribution in [3.8, 4) is 5.75 Å². The molecule has 0 saturated carbocycles. The molecule has 6 N–H and O–H groups in total. The second-order valence-corrected chi connectivity index (χ2v) is 10.6. The van der Waals surface area contributed by atoms with Crippen molar-refractivity contribution >= 4 is 49.6 Å². The first kappa shape index (κ1) is 35.2. The van der Waals surface area contributed by atoms with Crippen molar-refractivity contribution in [3.05, 3.63) is 82.2 Å². The fraction of sp³-hybridized carbons (Fsp3) is 0.241. The number of rotatable bonds is 12. The van der Waals surface area contributed by atoms with Crippen LogP contribution in [-0.2, 0) is 14.0 Å². The summed E-state index contributed by atoms with van der Waals surface area (Å²) in [6.45, 7) is 6.63. The molecule has 3 amide bonds. The van der Waals surface area contributed by atoms with Crippen molar-refractivity contribution in [1.29, 1.82) is 5.41 Å². The van der Waals surface area contributed by atoms with Gasteiger partial charge < -0.3 is 29.6 Å². The SMILES string of the molecule is CCNC(=O)c1ccc(C)c(N(C(=O)OCOC(=O)c2ccc(OP(=O)(O)O)cc2)C(=NC=N)c2[nH]cc(C(=O)NCC)c2C)c1. The molecule has 0 aliphatic heterocycles. The highest BCUT2D eigenvalue weighted by Gasteiger charge is 2.30. The summed E-state index contributed by atoms with van der Waals surface area (Å²) in [5.74, 6) is -2.07. The number of aromatic amines is 1. The molecule has 0 fully saturated rings. The van der Waals surface area contributed by atoms with Crippen LogP contribution in [0.1, 0.15) is 61.7 Å². The predicted molar refractivity (Wildman–Crippen MR) is 166 cm³/mol. The molecular weight excluding hydrogens is 623 g/mol. The summed E-state index contributed by atoms with van der Waals surface area (Å²) >= 11 is 0. The van der Waals surface area contributed by atoms with Crippen LogP contribution in [-0.4, -0.2) is 70.7 Å². The lowest BCUT2D eigenvalue weighted by Crippen LogP contribution is -2.40. The maximum Gasteiger partial charge on any atom is 0.524 e. The quantitative estimate of drug-likeness (QED) is 0.0546. The zero-order chi connectivity index (χ0) is 34.0. The smallest absolute Gasteiger partial charge is 0.424 e. The number of nitrogens with zero attached hydrogens (tertiary/aromatic N) is 2. The topological polar surface area (TPSA) is 233 Å². The number of anilines is 1. The Labute approximate surface area is 263 Å². The number of phosphoric acid groups is 1. The summed E-state index contributed by atoms with van der Waals surface area (Å²) in [7, 11) is -4.80. The molecule has 244 valence electrons. The molecule has 1 aromatic heterocycles. The lowest BCUT2D eigenvalue weighted by atomic mass is 10.1. The van der Waals surface area contributed by atoms with E-state index >= 15 is 0 Å². The number of esters is 1. The van der Waals surface area contributed by atoms with Gasteiger partial charge in [0.15, 0.2) is 5.84 Å². The zero-order valence-electron chi connectivity index (χ0n) is 25.3. The number of aromatic nitrogens is 1. The third-order valence-electron chi connectivity index (χ3n) is 6.26. The Morgan fingerprint density at radius 3 is 2.22 bits per heavy atom. The first-order chi connectivity index (χ1) is 21.8. The average Bonchev–Trinajstić information content (AvgIpc) is 3.38. The molecule has 1 heterocycles. The van der Waals surface area contributed by atoms with E-state index in [9.17, 15) is 23.7 Å². The van der Waals surface area contributed by atoms with Gasteiger partial charge in [-0.05, 0) is 75.2 Å². The zero-order valence-corrected chi connectivity index (χ0v) is 26.2. The number of aliphatic imine (C=N–C) groups is 1. The Morgan fingerprint density at radius 2 is 1.61 bits per heavy atom. The molecule has 16 nitrogen and oxygen atoms in total. The fourth-order valence-corrected chi connectivity index (χ4v) is 4.53. The van der Waals surface area contributed by atoms with Gasteiger partial charge in [0, 0.05) is 24.8 Å². The third kappa shape index (κ3) is 8.88. The molecule has 17 heteroatoms. The van der Waals surface area contributed by atoms with E-state index in [1.54, 1.807) is 39.8 Å². The van der Waals surface area contributed by atoms with Gasteiger partial charge >= 0.3 is 19.9 Å².